The summed E-state index contributed by atoms with van der Waals surface area (Å²) in [5, 5.41) is 13.1. The Balaban J connectivity index is 2.38. The number of aliphatic hydroxyl groups excluding tert-OH is 1. The molecular formula is C12H18BrNO2. The first-order chi connectivity index (χ1) is 7.63. The van der Waals surface area contributed by atoms with Crippen LogP contribution in [0.15, 0.2) is 28.7 Å². The van der Waals surface area contributed by atoms with E-state index in [-0.39, 0.29) is 6.10 Å². The molecule has 0 amide bonds. The summed E-state index contributed by atoms with van der Waals surface area (Å²) in [7, 11) is 1.68. The van der Waals surface area contributed by atoms with Gasteiger partial charge >= 0.3 is 0 Å². The summed E-state index contributed by atoms with van der Waals surface area (Å²) < 4.78 is 6.09. The van der Waals surface area contributed by atoms with Gasteiger partial charge in [0.05, 0.1) is 12.2 Å². The molecule has 1 aromatic carbocycles. The van der Waals surface area contributed by atoms with Crippen LogP contribution in [-0.4, -0.2) is 31.4 Å². The summed E-state index contributed by atoms with van der Waals surface area (Å²) in [6.45, 7) is 3.25. The van der Waals surface area contributed by atoms with Crippen molar-refractivity contribution in [2.75, 3.05) is 20.2 Å². The van der Waals surface area contributed by atoms with Crippen LogP contribution in [0.3, 0.4) is 0 Å². The topological polar surface area (TPSA) is 41.5 Å². The van der Waals surface area contributed by atoms with Gasteiger partial charge in [-0.1, -0.05) is 28.1 Å². The van der Waals surface area contributed by atoms with Crippen molar-refractivity contribution in [3.63, 3.8) is 0 Å². The van der Waals surface area contributed by atoms with Crippen molar-refractivity contribution < 1.29 is 9.84 Å². The molecule has 16 heavy (non-hydrogen) atoms. The molecule has 0 aliphatic rings. The van der Waals surface area contributed by atoms with Gasteiger partial charge < -0.3 is 15.2 Å². The minimum atomic E-state index is -0.485. The second kappa shape index (κ2) is 7.01. The molecule has 0 heterocycles. The first kappa shape index (κ1) is 13.6. The molecular weight excluding hydrogens is 270 g/mol. The van der Waals surface area contributed by atoms with Crippen LogP contribution in [0.5, 0.6) is 0 Å². The predicted molar refractivity (Wildman–Crippen MR) is 68.4 cm³/mol. The monoisotopic (exact) mass is 287 g/mol. The third-order valence-corrected chi connectivity index (χ3v) is 2.90. The average Bonchev–Trinajstić information content (AvgIpc) is 2.28. The van der Waals surface area contributed by atoms with Gasteiger partial charge in [-0.2, -0.15) is 0 Å². The van der Waals surface area contributed by atoms with Crippen molar-refractivity contribution in [2.45, 2.75) is 19.1 Å². The average molecular weight is 288 g/mol. The molecule has 2 unspecified atom stereocenters. The Morgan fingerprint density at radius 1 is 1.44 bits per heavy atom. The van der Waals surface area contributed by atoms with Gasteiger partial charge in [-0.15, -0.1) is 0 Å². The van der Waals surface area contributed by atoms with Crippen molar-refractivity contribution in [1.29, 1.82) is 0 Å². The smallest absolute Gasteiger partial charge is 0.0914 e. The SMILES string of the molecule is COC(C)CNCC(O)c1cccc(Br)c1. The van der Waals surface area contributed by atoms with E-state index in [2.05, 4.69) is 21.2 Å². The second-order valence-corrected chi connectivity index (χ2v) is 4.69. The Hall–Kier alpha value is -0.420. The van der Waals surface area contributed by atoms with E-state index in [9.17, 15) is 5.11 Å². The summed E-state index contributed by atoms with van der Waals surface area (Å²) in [6, 6.07) is 7.69. The minimum absolute atomic E-state index is 0.162. The van der Waals surface area contributed by atoms with Crippen molar-refractivity contribution in [3.8, 4) is 0 Å². The molecule has 3 nitrogen and oxygen atoms in total. The number of hydrogen-bond donors (Lipinski definition) is 2. The number of methoxy groups -OCH3 is 1. The van der Waals surface area contributed by atoms with Crippen LogP contribution < -0.4 is 5.32 Å². The zero-order valence-electron chi connectivity index (χ0n) is 9.61. The van der Waals surface area contributed by atoms with Crippen LogP contribution in [0.2, 0.25) is 0 Å². The van der Waals surface area contributed by atoms with E-state index < -0.39 is 6.10 Å². The molecule has 4 heteroatoms. The fourth-order valence-electron chi connectivity index (χ4n) is 1.34. The quantitative estimate of drug-likeness (QED) is 0.842. The minimum Gasteiger partial charge on any atom is -0.387 e. The predicted octanol–water partition coefficient (Wildman–Crippen LogP) is 2.11. The van der Waals surface area contributed by atoms with Crippen LogP contribution >= 0.6 is 15.9 Å². The van der Waals surface area contributed by atoms with Gasteiger partial charge in [0, 0.05) is 24.7 Å². The molecule has 0 spiro atoms. The first-order valence-electron chi connectivity index (χ1n) is 5.30. The highest BCUT2D eigenvalue weighted by Gasteiger charge is 2.07. The van der Waals surface area contributed by atoms with Gasteiger partial charge in [-0.3, -0.25) is 0 Å². The van der Waals surface area contributed by atoms with Gasteiger partial charge in [0.1, 0.15) is 0 Å². The van der Waals surface area contributed by atoms with Gasteiger partial charge in [0.2, 0.25) is 0 Å². The number of benzene rings is 1. The van der Waals surface area contributed by atoms with E-state index in [0.29, 0.717) is 6.54 Å². The fourth-order valence-corrected chi connectivity index (χ4v) is 1.76. The van der Waals surface area contributed by atoms with Crippen LogP contribution in [0.25, 0.3) is 0 Å². The zero-order chi connectivity index (χ0) is 12.0. The van der Waals surface area contributed by atoms with Gasteiger partial charge in [-0.05, 0) is 24.6 Å². The number of aliphatic hydroxyl groups is 1. The van der Waals surface area contributed by atoms with E-state index in [1.165, 1.54) is 0 Å². The molecule has 1 aromatic rings. The lowest BCUT2D eigenvalue weighted by molar-refractivity contribution is 0.109. The first-order valence-corrected chi connectivity index (χ1v) is 6.10. The summed E-state index contributed by atoms with van der Waals surface area (Å²) >= 11 is 3.38. The van der Waals surface area contributed by atoms with Crippen molar-refractivity contribution in [3.05, 3.63) is 34.3 Å². The molecule has 0 radical (unpaired) electrons. The molecule has 0 fully saturated rings. The molecule has 90 valence electrons. The lowest BCUT2D eigenvalue weighted by Crippen LogP contribution is -2.29. The molecule has 0 saturated carbocycles. The second-order valence-electron chi connectivity index (χ2n) is 3.78. The van der Waals surface area contributed by atoms with Gasteiger partial charge in [0.25, 0.3) is 0 Å². The maximum atomic E-state index is 9.91. The van der Waals surface area contributed by atoms with Crippen LogP contribution in [0.4, 0.5) is 0 Å². The number of halogens is 1. The fraction of sp³-hybridized carbons (Fsp3) is 0.500. The van der Waals surface area contributed by atoms with Gasteiger partial charge in [-0.25, -0.2) is 0 Å². The number of hydrogen-bond acceptors (Lipinski definition) is 3. The summed E-state index contributed by atoms with van der Waals surface area (Å²) in [6.07, 6.45) is -0.323. The maximum Gasteiger partial charge on any atom is 0.0914 e. The summed E-state index contributed by atoms with van der Waals surface area (Å²) in [4.78, 5) is 0. The maximum absolute atomic E-state index is 9.91. The normalized spacial score (nSPS) is 14.8. The molecule has 1 rings (SSSR count). The van der Waals surface area contributed by atoms with E-state index in [1.54, 1.807) is 7.11 Å². The zero-order valence-corrected chi connectivity index (χ0v) is 11.2. The largest absolute Gasteiger partial charge is 0.387 e. The van der Waals surface area contributed by atoms with E-state index in [4.69, 9.17) is 4.74 Å². The summed E-state index contributed by atoms with van der Waals surface area (Å²) in [5.41, 5.74) is 0.909. The highest BCUT2D eigenvalue weighted by molar-refractivity contribution is 9.10. The number of ether oxygens (including phenoxy) is 1. The molecule has 2 N–H and O–H groups in total. The van der Waals surface area contributed by atoms with E-state index >= 15 is 0 Å². The van der Waals surface area contributed by atoms with Crippen LogP contribution in [0.1, 0.15) is 18.6 Å². The standard InChI is InChI=1S/C12H18BrNO2/c1-9(16-2)7-14-8-12(15)10-4-3-5-11(13)6-10/h3-6,9,12,14-15H,7-8H2,1-2H3. The van der Waals surface area contributed by atoms with Crippen LogP contribution in [-0.2, 0) is 4.74 Å². The third kappa shape index (κ3) is 4.61. The Morgan fingerprint density at radius 3 is 2.81 bits per heavy atom. The molecule has 0 aromatic heterocycles. The Kier molecular flexibility index (Phi) is 5.98. The van der Waals surface area contributed by atoms with Crippen molar-refractivity contribution >= 4 is 15.9 Å². The molecule has 0 aliphatic heterocycles. The van der Waals surface area contributed by atoms with Crippen molar-refractivity contribution in [2.24, 2.45) is 0 Å². The summed E-state index contributed by atoms with van der Waals surface area (Å²) in [5.74, 6) is 0. The number of rotatable bonds is 6. The van der Waals surface area contributed by atoms with Gasteiger partial charge in [0.15, 0.2) is 0 Å². The number of nitrogens with one attached hydrogen (secondary N) is 1. The Labute approximate surface area is 105 Å². The third-order valence-electron chi connectivity index (χ3n) is 2.41. The molecule has 0 bridgehead atoms. The highest BCUT2D eigenvalue weighted by Crippen LogP contribution is 2.17. The van der Waals surface area contributed by atoms with Crippen LogP contribution in [0, 0.1) is 0 Å². The molecule has 0 saturated heterocycles. The molecule has 2 atom stereocenters. The van der Waals surface area contributed by atoms with E-state index in [0.717, 1.165) is 16.6 Å². The Bertz CT molecular complexity index is 320. The lowest BCUT2D eigenvalue weighted by Gasteiger charge is -2.15. The highest BCUT2D eigenvalue weighted by atomic mass is 79.9. The lowest BCUT2D eigenvalue weighted by atomic mass is 10.1. The Morgan fingerprint density at radius 2 is 2.19 bits per heavy atom. The van der Waals surface area contributed by atoms with Crippen molar-refractivity contribution in [1.82, 2.24) is 5.32 Å². The molecule has 0 aliphatic carbocycles. The van der Waals surface area contributed by atoms with E-state index in [1.807, 2.05) is 31.2 Å².